The number of hydrogen-bond donors (Lipinski definition) is 2. The van der Waals surface area contributed by atoms with Gasteiger partial charge in [0.15, 0.2) is 0 Å². The molecule has 0 aliphatic heterocycles. The van der Waals surface area contributed by atoms with Crippen LogP contribution in [-0.2, 0) is 0 Å². The van der Waals surface area contributed by atoms with Crippen LogP contribution in [0.2, 0.25) is 0 Å². The van der Waals surface area contributed by atoms with Crippen LogP contribution in [0.15, 0.2) is 36.9 Å². The van der Waals surface area contributed by atoms with Crippen molar-refractivity contribution in [3.63, 3.8) is 0 Å². The fourth-order valence-electron chi connectivity index (χ4n) is 0.692. The molecule has 3 N–H and O–H groups in total. The Kier molecular flexibility index (Phi) is 5.03. The molecule has 0 saturated heterocycles. The van der Waals surface area contributed by atoms with Gasteiger partial charge in [-0.1, -0.05) is 18.2 Å². The van der Waals surface area contributed by atoms with Crippen LogP contribution in [0.4, 0.5) is 5.69 Å². The molecule has 0 spiro atoms. The Morgan fingerprint density at radius 2 is 2.00 bits per heavy atom. The molecule has 13 heavy (non-hydrogen) atoms. The summed E-state index contributed by atoms with van der Waals surface area (Å²) < 4.78 is 0. The molecular formula is C10H13NO2. The molecule has 3 heteroatoms. The van der Waals surface area contributed by atoms with E-state index in [1.165, 1.54) is 6.07 Å². The van der Waals surface area contributed by atoms with E-state index in [2.05, 4.69) is 6.58 Å². The van der Waals surface area contributed by atoms with Crippen LogP contribution in [0.25, 0.3) is 0 Å². The molecule has 0 aromatic heterocycles. The van der Waals surface area contributed by atoms with Gasteiger partial charge in [-0.05, 0) is 19.1 Å². The molecule has 1 aromatic rings. The van der Waals surface area contributed by atoms with Gasteiger partial charge in [0.25, 0.3) is 0 Å². The molecule has 0 unspecified atom stereocenters. The number of hydrogen-bond acceptors (Lipinski definition) is 2. The maximum atomic E-state index is 10.3. The van der Waals surface area contributed by atoms with Crippen LogP contribution in [-0.4, -0.2) is 11.1 Å². The Bertz CT molecular complexity index is 295. The zero-order valence-electron chi connectivity index (χ0n) is 7.53. The molecule has 0 aliphatic rings. The number of aromatic carboxylic acids is 1. The van der Waals surface area contributed by atoms with Crippen molar-refractivity contribution in [2.75, 3.05) is 5.73 Å². The van der Waals surface area contributed by atoms with Crippen LogP contribution < -0.4 is 5.73 Å². The molecule has 0 bridgehead atoms. The van der Waals surface area contributed by atoms with Crippen LogP contribution in [0.5, 0.6) is 0 Å². The zero-order chi connectivity index (χ0) is 10.3. The van der Waals surface area contributed by atoms with Gasteiger partial charge in [0.05, 0.1) is 5.56 Å². The minimum atomic E-state index is -0.988. The Hall–Kier alpha value is -1.77. The van der Waals surface area contributed by atoms with E-state index >= 15 is 0 Å². The minimum Gasteiger partial charge on any atom is -0.478 e. The summed E-state index contributed by atoms with van der Waals surface area (Å²) in [5, 5.41) is 8.49. The average molecular weight is 179 g/mol. The fourth-order valence-corrected chi connectivity index (χ4v) is 0.692. The molecule has 0 atom stereocenters. The summed E-state index contributed by atoms with van der Waals surface area (Å²) >= 11 is 0. The fraction of sp³-hybridized carbons (Fsp3) is 0.100. The van der Waals surface area contributed by atoms with Gasteiger partial charge in [-0.3, -0.25) is 0 Å². The molecule has 0 amide bonds. The van der Waals surface area contributed by atoms with E-state index in [1.54, 1.807) is 24.3 Å². The molecule has 1 aromatic carbocycles. The Morgan fingerprint density at radius 3 is 2.31 bits per heavy atom. The first-order valence-electron chi connectivity index (χ1n) is 3.78. The van der Waals surface area contributed by atoms with Crippen molar-refractivity contribution >= 4 is 11.7 Å². The molecule has 0 aliphatic carbocycles. The van der Waals surface area contributed by atoms with Gasteiger partial charge in [-0.2, -0.15) is 0 Å². The summed E-state index contributed by atoms with van der Waals surface area (Å²) in [6.07, 6.45) is 1.75. The maximum Gasteiger partial charge on any atom is 0.337 e. The van der Waals surface area contributed by atoms with Crippen molar-refractivity contribution in [1.29, 1.82) is 0 Å². The standard InChI is InChI=1S/C7H7NO2.C3H6/c8-6-4-2-1-3-5(6)7(9)10;1-3-2/h1-4H,8H2,(H,9,10);3H,1H2,2H3. The highest BCUT2D eigenvalue weighted by Crippen LogP contribution is 2.08. The topological polar surface area (TPSA) is 63.3 Å². The van der Waals surface area contributed by atoms with E-state index in [-0.39, 0.29) is 5.56 Å². The van der Waals surface area contributed by atoms with Crippen LogP contribution in [0.3, 0.4) is 0 Å². The largest absolute Gasteiger partial charge is 0.478 e. The Balaban J connectivity index is 0.000000424. The van der Waals surface area contributed by atoms with E-state index in [0.717, 1.165) is 0 Å². The third-order valence-electron chi connectivity index (χ3n) is 1.19. The summed E-state index contributed by atoms with van der Waals surface area (Å²) in [6, 6.07) is 6.36. The summed E-state index contributed by atoms with van der Waals surface area (Å²) in [6.45, 7) is 5.25. The average Bonchev–Trinajstić information content (AvgIpc) is 2.06. The van der Waals surface area contributed by atoms with E-state index in [1.807, 2.05) is 6.92 Å². The van der Waals surface area contributed by atoms with Gasteiger partial charge in [-0.15, -0.1) is 6.58 Å². The number of anilines is 1. The Morgan fingerprint density at radius 1 is 1.54 bits per heavy atom. The highest BCUT2D eigenvalue weighted by molar-refractivity contribution is 5.93. The third kappa shape index (κ3) is 3.96. The quantitative estimate of drug-likeness (QED) is 0.513. The van der Waals surface area contributed by atoms with Crippen LogP contribution in [0, 0.1) is 0 Å². The smallest absolute Gasteiger partial charge is 0.337 e. The number of nitrogens with two attached hydrogens (primary N) is 1. The second-order valence-corrected chi connectivity index (χ2v) is 2.30. The van der Waals surface area contributed by atoms with Gasteiger partial charge >= 0.3 is 5.97 Å². The number of benzene rings is 1. The molecule has 0 saturated carbocycles. The first-order valence-corrected chi connectivity index (χ1v) is 3.78. The van der Waals surface area contributed by atoms with Crippen molar-refractivity contribution in [3.8, 4) is 0 Å². The third-order valence-corrected chi connectivity index (χ3v) is 1.19. The number of carboxylic acids is 1. The molecule has 0 fully saturated rings. The SMILES string of the molecule is C=CC.Nc1ccccc1C(=O)O. The predicted octanol–water partition coefficient (Wildman–Crippen LogP) is 2.16. The number of rotatable bonds is 1. The molecule has 70 valence electrons. The highest BCUT2D eigenvalue weighted by atomic mass is 16.4. The summed E-state index contributed by atoms with van der Waals surface area (Å²) in [5.74, 6) is -0.988. The molecule has 3 nitrogen and oxygen atoms in total. The number of para-hydroxylation sites is 1. The predicted molar refractivity (Wildman–Crippen MR) is 53.7 cm³/mol. The minimum absolute atomic E-state index is 0.155. The van der Waals surface area contributed by atoms with Crippen molar-refractivity contribution < 1.29 is 9.90 Å². The van der Waals surface area contributed by atoms with E-state index in [0.29, 0.717) is 5.69 Å². The summed E-state index contributed by atoms with van der Waals surface area (Å²) in [5.41, 5.74) is 5.80. The summed E-state index contributed by atoms with van der Waals surface area (Å²) in [4.78, 5) is 10.3. The van der Waals surface area contributed by atoms with Crippen molar-refractivity contribution in [2.24, 2.45) is 0 Å². The van der Waals surface area contributed by atoms with Crippen LogP contribution >= 0.6 is 0 Å². The van der Waals surface area contributed by atoms with Gasteiger partial charge in [0, 0.05) is 5.69 Å². The van der Waals surface area contributed by atoms with Crippen molar-refractivity contribution in [3.05, 3.63) is 42.5 Å². The van der Waals surface area contributed by atoms with Gasteiger partial charge < -0.3 is 10.8 Å². The van der Waals surface area contributed by atoms with Gasteiger partial charge in [-0.25, -0.2) is 4.79 Å². The van der Waals surface area contributed by atoms with E-state index in [9.17, 15) is 4.79 Å². The molecule has 0 radical (unpaired) electrons. The van der Waals surface area contributed by atoms with Crippen molar-refractivity contribution in [2.45, 2.75) is 6.92 Å². The molecule has 0 heterocycles. The number of carboxylic acid groups (broad SMARTS) is 1. The second kappa shape index (κ2) is 5.83. The second-order valence-electron chi connectivity index (χ2n) is 2.30. The molecule has 1 rings (SSSR count). The Labute approximate surface area is 77.5 Å². The highest BCUT2D eigenvalue weighted by Gasteiger charge is 2.03. The van der Waals surface area contributed by atoms with E-state index < -0.39 is 5.97 Å². The summed E-state index contributed by atoms with van der Waals surface area (Å²) in [7, 11) is 0. The normalized spacial score (nSPS) is 8.08. The van der Waals surface area contributed by atoms with Gasteiger partial charge in [0.1, 0.15) is 0 Å². The lowest BCUT2D eigenvalue weighted by atomic mass is 10.2. The lowest BCUT2D eigenvalue weighted by Gasteiger charge is -1.96. The van der Waals surface area contributed by atoms with E-state index in [4.69, 9.17) is 10.8 Å². The lowest BCUT2D eigenvalue weighted by molar-refractivity contribution is 0.0698. The zero-order valence-corrected chi connectivity index (χ0v) is 7.53. The number of allylic oxidation sites excluding steroid dienone is 1. The first-order chi connectivity index (χ1) is 6.13. The number of carbonyl (C=O) groups is 1. The van der Waals surface area contributed by atoms with Gasteiger partial charge in [0.2, 0.25) is 0 Å². The lowest BCUT2D eigenvalue weighted by Crippen LogP contribution is -2.00. The number of nitrogen functional groups attached to an aromatic ring is 1. The monoisotopic (exact) mass is 179 g/mol. The van der Waals surface area contributed by atoms with Crippen molar-refractivity contribution in [1.82, 2.24) is 0 Å². The maximum absolute atomic E-state index is 10.3. The van der Waals surface area contributed by atoms with Crippen LogP contribution in [0.1, 0.15) is 17.3 Å². The molecular weight excluding hydrogens is 166 g/mol. The first kappa shape index (κ1) is 11.2.